The minimum absolute atomic E-state index is 0.0788. The minimum atomic E-state index is -0.509. The van der Waals surface area contributed by atoms with E-state index in [0.29, 0.717) is 27.9 Å². The molecule has 0 heterocycles. The van der Waals surface area contributed by atoms with Crippen molar-refractivity contribution in [3.8, 4) is 5.75 Å². The molecule has 0 aromatic heterocycles. The third kappa shape index (κ3) is 5.82. The first-order chi connectivity index (χ1) is 12.9. The molecule has 0 aliphatic heterocycles. The van der Waals surface area contributed by atoms with E-state index < -0.39 is 11.8 Å². The zero-order chi connectivity index (χ0) is 19.8. The van der Waals surface area contributed by atoms with E-state index in [9.17, 15) is 14.4 Å². The average molecular weight is 434 g/mol. The molecular weight excluding hydrogens is 414 g/mol. The fourth-order valence-corrected chi connectivity index (χ4v) is 2.63. The summed E-state index contributed by atoms with van der Waals surface area (Å²) < 4.78 is 5.85. The van der Waals surface area contributed by atoms with Gasteiger partial charge in [0, 0.05) is 22.1 Å². The van der Waals surface area contributed by atoms with Gasteiger partial charge >= 0.3 is 0 Å². The second-order valence-corrected chi connectivity index (χ2v) is 6.54. The predicted octanol–water partition coefficient (Wildman–Crippen LogP) is 3.27. The van der Waals surface area contributed by atoms with Crippen molar-refractivity contribution in [3.05, 3.63) is 58.1 Å². The van der Waals surface area contributed by atoms with Crippen LogP contribution >= 0.6 is 15.9 Å². The maximum Gasteiger partial charge on any atom is 0.273 e. The molecule has 0 radical (unpaired) electrons. The third-order valence-corrected chi connectivity index (χ3v) is 4.10. The van der Waals surface area contributed by atoms with E-state index >= 15 is 0 Å². The molecule has 0 saturated carbocycles. The number of methoxy groups -OCH3 is 1. The standard InChI is InChI=1S/C19H20BrN3O4/c1-3-4-17(24)21-14-8-5-12(6-9-14)18(25)22-23-19(26)15-11-13(20)7-10-16(15)27-2/h5-11H,3-4H2,1-2H3,(H,21,24)(H,22,25)(H,23,26). The number of hydrogen-bond acceptors (Lipinski definition) is 4. The van der Waals surface area contributed by atoms with Crippen LogP contribution in [0.2, 0.25) is 0 Å². The Morgan fingerprint density at radius 2 is 1.67 bits per heavy atom. The largest absolute Gasteiger partial charge is 0.496 e. The molecule has 0 aliphatic carbocycles. The Kier molecular flexibility index (Phi) is 7.36. The van der Waals surface area contributed by atoms with Crippen LogP contribution in [0.5, 0.6) is 5.75 Å². The number of nitrogens with one attached hydrogen (secondary N) is 3. The number of hydrazine groups is 1. The lowest BCUT2D eigenvalue weighted by Gasteiger charge is -2.11. The van der Waals surface area contributed by atoms with Gasteiger partial charge in [-0.15, -0.1) is 0 Å². The summed E-state index contributed by atoms with van der Waals surface area (Å²) in [4.78, 5) is 36.0. The van der Waals surface area contributed by atoms with Crippen molar-refractivity contribution < 1.29 is 19.1 Å². The lowest BCUT2D eigenvalue weighted by Crippen LogP contribution is -2.41. The zero-order valence-electron chi connectivity index (χ0n) is 15.0. The lowest BCUT2D eigenvalue weighted by molar-refractivity contribution is -0.116. The molecule has 2 aromatic rings. The van der Waals surface area contributed by atoms with Crippen molar-refractivity contribution >= 4 is 39.3 Å². The molecule has 7 nitrogen and oxygen atoms in total. The Morgan fingerprint density at radius 1 is 1.00 bits per heavy atom. The quantitative estimate of drug-likeness (QED) is 0.608. The molecule has 0 fully saturated rings. The molecule has 142 valence electrons. The second-order valence-electron chi connectivity index (χ2n) is 5.63. The first kappa shape index (κ1) is 20.4. The van der Waals surface area contributed by atoms with E-state index in [-0.39, 0.29) is 11.5 Å². The summed E-state index contributed by atoms with van der Waals surface area (Å²) in [6, 6.07) is 11.4. The number of halogens is 1. The maximum absolute atomic E-state index is 12.3. The van der Waals surface area contributed by atoms with Gasteiger partial charge in [-0.05, 0) is 48.9 Å². The molecule has 2 aromatic carbocycles. The van der Waals surface area contributed by atoms with E-state index in [1.807, 2.05) is 6.92 Å². The van der Waals surface area contributed by atoms with Crippen molar-refractivity contribution in [2.75, 3.05) is 12.4 Å². The highest BCUT2D eigenvalue weighted by atomic mass is 79.9. The Labute approximate surface area is 165 Å². The van der Waals surface area contributed by atoms with Crippen LogP contribution in [0.3, 0.4) is 0 Å². The van der Waals surface area contributed by atoms with Gasteiger partial charge < -0.3 is 10.1 Å². The second kappa shape index (κ2) is 9.72. The first-order valence-electron chi connectivity index (χ1n) is 8.28. The number of amides is 3. The molecule has 0 unspecified atom stereocenters. The average Bonchev–Trinajstić information content (AvgIpc) is 2.66. The predicted molar refractivity (Wildman–Crippen MR) is 106 cm³/mol. The van der Waals surface area contributed by atoms with Crippen molar-refractivity contribution in [2.24, 2.45) is 0 Å². The van der Waals surface area contributed by atoms with Gasteiger partial charge in [0.05, 0.1) is 12.7 Å². The topological polar surface area (TPSA) is 96.5 Å². The van der Waals surface area contributed by atoms with E-state index in [0.717, 1.165) is 6.42 Å². The SMILES string of the molecule is CCCC(=O)Nc1ccc(C(=O)NNC(=O)c2cc(Br)ccc2OC)cc1. The van der Waals surface area contributed by atoms with Crippen LogP contribution < -0.4 is 20.9 Å². The molecule has 3 amide bonds. The summed E-state index contributed by atoms with van der Waals surface area (Å²) in [6.07, 6.45) is 1.20. The first-order valence-corrected chi connectivity index (χ1v) is 9.08. The summed E-state index contributed by atoms with van der Waals surface area (Å²) in [5, 5.41) is 2.74. The minimum Gasteiger partial charge on any atom is -0.496 e. The highest BCUT2D eigenvalue weighted by Crippen LogP contribution is 2.22. The Morgan fingerprint density at radius 3 is 2.30 bits per heavy atom. The number of anilines is 1. The fourth-order valence-electron chi connectivity index (χ4n) is 2.27. The number of rotatable bonds is 6. The molecule has 3 N–H and O–H groups in total. The van der Waals surface area contributed by atoms with Gasteiger partial charge in [0.25, 0.3) is 11.8 Å². The van der Waals surface area contributed by atoms with E-state index in [1.165, 1.54) is 7.11 Å². The summed E-state index contributed by atoms with van der Waals surface area (Å²) in [6.45, 7) is 1.92. The molecule has 0 aliphatic rings. The van der Waals surface area contributed by atoms with Gasteiger partial charge in [0.2, 0.25) is 5.91 Å². The summed E-state index contributed by atoms with van der Waals surface area (Å²) in [7, 11) is 1.46. The number of carbonyl (C=O) groups is 3. The smallest absolute Gasteiger partial charge is 0.273 e. The molecule has 0 bridgehead atoms. The number of ether oxygens (including phenoxy) is 1. The van der Waals surface area contributed by atoms with Gasteiger partial charge in [-0.25, -0.2) is 0 Å². The highest BCUT2D eigenvalue weighted by molar-refractivity contribution is 9.10. The van der Waals surface area contributed by atoms with Gasteiger partial charge in [0.1, 0.15) is 5.75 Å². The van der Waals surface area contributed by atoms with Crippen molar-refractivity contribution in [3.63, 3.8) is 0 Å². The number of carbonyl (C=O) groups excluding carboxylic acids is 3. The lowest BCUT2D eigenvalue weighted by atomic mass is 10.2. The molecule has 0 spiro atoms. The Balaban J connectivity index is 1.96. The molecule has 2 rings (SSSR count). The van der Waals surface area contributed by atoms with Gasteiger partial charge in [-0.1, -0.05) is 22.9 Å². The van der Waals surface area contributed by atoms with Crippen LogP contribution in [0.25, 0.3) is 0 Å². The van der Waals surface area contributed by atoms with Crippen LogP contribution in [0.1, 0.15) is 40.5 Å². The summed E-state index contributed by atoms with van der Waals surface area (Å²) >= 11 is 3.29. The van der Waals surface area contributed by atoms with Gasteiger partial charge in [0.15, 0.2) is 0 Å². The molecule has 27 heavy (non-hydrogen) atoms. The van der Waals surface area contributed by atoms with E-state index in [1.54, 1.807) is 42.5 Å². The number of hydrogen-bond donors (Lipinski definition) is 3. The molecule has 8 heteroatoms. The zero-order valence-corrected chi connectivity index (χ0v) is 16.6. The van der Waals surface area contributed by atoms with Gasteiger partial charge in [-0.3, -0.25) is 25.2 Å². The summed E-state index contributed by atoms with van der Waals surface area (Å²) in [5.41, 5.74) is 5.93. The van der Waals surface area contributed by atoms with Crippen LogP contribution in [-0.2, 0) is 4.79 Å². The number of benzene rings is 2. The Hall–Kier alpha value is -2.87. The van der Waals surface area contributed by atoms with Gasteiger partial charge in [-0.2, -0.15) is 0 Å². The molecular formula is C19H20BrN3O4. The molecule has 0 saturated heterocycles. The third-order valence-electron chi connectivity index (χ3n) is 3.60. The van der Waals surface area contributed by atoms with Crippen LogP contribution in [-0.4, -0.2) is 24.8 Å². The maximum atomic E-state index is 12.3. The van der Waals surface area contributed by atoms with Crippen LogP contribution in [0.4, 0.5) is 5.69 Å². The monoisotopic (exact) mass is 433 g/mol. The summed E-state index contributed by atoms with van der Waals surface area (Å²) in [5.74, 6) is -0.684. The van der Waals surface area contributed by atoms with Crippen molar-refractivity contribution in [1.29, 1.82) is 0 Å². The Bertz CT molecular complexity index is 837. The van der Waals surface area contributed by atoms with Crippen LogP contribution in [0.15, 0.2) is 46.9 Å². The molecule has 0 atom stereocenters. The fraction of sp³-hybridized carbons (Fsp3) is 0.211. The van der Waals surface area contributed by atoms with Crippen molar-refractivity contribution in [2.45, 2.75) is 19.8 Å². The van der Waals surface area contributed by atoms with Crippen molar-refractivity contribution in [1.82, 2.24) is 10.9 Å². The normalized spacial score (nSPS) is 10.0. The van der Waals surface area contributed by atoms with Crippen LogP contribution in [0, 0.1) is 0 Å². The highest BCUT2D eigenvalue weighted by Gasteiger charge is 2.14. The van der Waals surface area contributed by atoms with E-state index in [2.05, 4.69) is 32.1 Å². The van der Waals surface area contributed by atoms with E-state index in [4.69, 9.17) is 4.74 Å².